The molecule has 2 rings (SSSR count). The molecule has 0 radical (unpaired) electrons. The second-order valence-corrected chi connectivity index (χ2v) is 4.51. The maximum absolute atomic E-state index is 12.9. The Morgan fingerprint density at radius 1 is 1.45 bits per heavy atom. The summed E-state index contributed by atoms with van der Waals surface area (Å²) in [5.41, 5.74) is 4.66. The third-order valence-electron chi connectivity index (χ3n) is 3.20. The van der Waals surface area contributed by atoms with Gasteiger partial charge in [0.15, 0.2) is 0 Å². The first-order valence-electron chi connectivity index (χ1n) is 6.13. The number of anilines is 1. The molecule has 1 aromatic rings. The molecule has 0 aliphatic carbocycles. The Morgan fingerprint density at radius 3 is 2.80 bits per heavy atom. The predicted molar refractivity (Wildman–Crippen MR) is 67.2 cm³/mol. The molecule has 1 atom stereocenters. The Hall–Kier alpha value is -1.78. The van der Waals surface area contributed by atoms with Crippen molar-refractivity contribution >= 4 is 5.69 Å². The molecule has 2 N–H and O–H groups in total. The number of nitriles is 1. The van der Waals surface area contributed by atoms with Gasteiger partial charge in [-0.25, -0.2) is 0 Å². The lowest BCUT2D eigenvalue weighted by atomic mass is 10.1. The fourth-order valence-electron chi connectivity index (χ4n) is 2.16. The van der Waals surface area contributed by atoms with Crippen molar-refractivity contribution in [2.75, 3.05) is 31.1 Å². The Kier molecular flexibility index (Phi) is 4.16. The highest BCUT2D eigenvalue weighted by atomic mass is 19.4. The summed E-state index contributed by atoms with van der Waals surface area (Å²) in [5, 5.41) is 8.76. The lowest BCUT2D eigenvalue weighted by Gasteiger charge is -2.34. The molecule has 4 nitrogen and oxygen atoms in total. The fourth-order valence-corrected chi connectivity index (χ4v) is 2.16. The summed E-state index contributed by atoms with van der Waals surface area (Å²) in [5.74, 6) is 0. The van der Waals surface area contributed by atoms with Crippen molar-refractivity contribution in [3.05, 3.63) is 29.3 Å². The van der Waals surface area contributed by atoms with Gasteiger partial charge in [0, 0.05) is 25.3 Å². The van der Waals surface area contributed by atoms with E-state index in [0.29, 0.717) is 31.9 Å². The molecule has 0 amide bonds. The van der Waals surface area contributed by atoms with Crippen molar-refractivity contribution in [3.8, 4) is 6.07 Å². The number of hydrogen-bond donors (Lipinski definition) is 1. The first kappa shape index (κ1) is 14.6. The fraction of sp³-hybridized carbons (Fsp3) is 0.462. The third-order valence-corrected chi connectivity index (χ3v) is 3.20. The predicted octanol–water partition coefficient (Wildman–Crippen LogP) is 1.74. The SMILES string of the molecule is N#Cc1ccc(N2CCOC(CN)C2)cc1C(F)(F)F. The molecule has 1 aliphatic rings. The van der Waals surface area contributed by atoms with E-state index in [4.69, 9.17) is 15.7 Å². The van der Waals surface area contributed by atoms with Gasteiger partial charge >= 0.3 is 6.18 Å². The maximum atomic E-state index is 12.9. The Labute approximate surface area is 114 Å². The first-order valence-corrected chi connectivity index (χ1v) is 6.13. The van der Waals surface area contributed by atoms with Crippen LogP contribution in [0.25, 0.3) is 0 Å². The van der Waals surface area contributed by atoms with Gasteiger partial charge in [-0.15, -0.1) is 0 Å². The molecular formula is C13H14F3N3O. The molecule has 1 fully saturated rings. The van der Waals surface area contributed by atoms with Gasteiger partial charge in [0.25, 0.3) is 0 Å². The third kappa shape index (κ3) is 3.03. The standard InChI is InChI=1S/C13H14F3N3O/c14-13(15,16)12-5-10(2-1-9(12)6-17)19-3-4-20-11(7-18)8-19/h1-2,5,11H,3-4,7-8,18H2. The zero-order chi connectivity index (χ0) is 14.8. The lowest BCUT2D eigenvalue weighted by Crippen LogP contribution is -2.45. The van der Waals surface area contributed by atoms with Gasteiger partial charge in [-0.05, 0) is 18.2 Å². The van der Waals surface area contributed by atoms with Crippen molar-refractivity contribution in [2.24, 2.45) is 5.73 Å². The minimum Gasteiger partial charge on any atom is -0.373 e. The van der Waals surface area contributed by atoms with E-state index in [1.165, 1.54) is 12.1 Å². The number of hydrogen-bond acceptors (Lipinski definition) is 4. The molecule has 20 heavy (non-hydrogen) atoms. The smallest absolute Gasteiger partial charge is 0.373 e. The van der Waals surface area contributed by atoms with Crippen molar-refractivity contribution in [1.29, 1.82) is 5.26 Å². The van der Waals surface area contributed by atoms with Crippen LogP contribution in [-0.4, -0.2) is 32.3 Å². The van der Waals surface area contributed by atoms with Crippen LogP contribution in [0.15, 0.2) is 18.2 Å². The van der Waals surface area contributed by atoms with Crippen LogP contribution >= 0.6 is 0 Å². The molecule has 108 valence electrons. The molecular weight excluding hydrogens is 271 g/mol. The van der Waals surface area contributed by atoms with E-state index in [0.717, 1.165) is 6.07 Å². The number of nitrogens with zero attached hydrogens (tertiary/aromatic N) is 2. The summed E-state index contributed by atoms with van der Waals surface area (Å²) in [7, 11) is 0. The van der Waals surface area contributed by atoms with E-state index in [1.807, 2.05) is 0 Å². The van der Waals surface area contributed by atoms with Crippen molar-refractivity contribution in [1.82, 2.24) is 0 Å². The van der Waals surface area contributed by atoms with Crippen molar-refractivity contribution in [2.45, 2.75) is 12.3 Å². The summed E-state index contributed by atoms with van der Waals surface area (Å²) in [4.78, 5) is 1.79. The lowest BCUT2D eigenvalue weighted by molar-refractivity contribution is -0.137. The highest BCUT2D eigenvalue weighted by molar-refractivity contribution is 5.55. The monoisotopic (exact) mass is 285 g/mol. The molecule has 1 unspecified atom stereocenters. The summed E-state index contributed by atoms with van der Waals surface area (Å²) in [6, 6.07) is 5.30. The summed E-state index contributed by atoms with van der Waals surface area (Å²) in [6.45, 7) is 1.68. The summed E-state index contributed by atoms with van der Waals surface area (Å²) < 4.78 is 44.1. The van der Waals surface area contributed by atoms with Crippen LogP contribution in [0.5, 0.6) is 0 Å². The van der Waals surface area contributed by atoms with Gasteiger partial charge in [-0.1, -0.05) is 0 Å². The van der Waals surface area contributed by atoms with Crippen molar-refractivity contribution < 1.29 is 17.9 Å². The maximum Gasteiger partial charge on any atom is 0.417 e. The molecule has 7 heteroatoms. The average molecular weight is 285 g/mol. The molecule has 1 aliphatic heterocycles. The van der Waals surface area contributed by atoms with Gasteiger partial charge in [-0.2, -0.15) is 18.4 Å². The minimum absolute atomic E-state index is 0.186. The number of alkyl halides is 3. The van der Waals surface area contributed by atoms with E-state index in [9.17, 15) is 13.2 Å². The molecule has 0 bridgehead atoms. The van der Waals surface area contributed by atoms with E-state index in [1.54, 1.807) is 11.0 Å². The van der Waals surface area contributed by atoms with Crippen LogP contribution in [0.2, 0.25) is 0 Å². The number of nitrogens with two attached hydrogens (primary N) is 1. The second kappa shape index (κ2) is 5.69. The number of ether oxygens (including phenoxy) is 1. The average Bonchev–Trinajstić information content (AvgIpc) is 2.45. The quantitative estimate of drug-likeness (QED) is 0.899. The molecule has 1 aromatic carbocycles. The van der Waals surface area contributed by atoms with Crippen LogP contribution in [0, 0.1) is 11.3 Å². The van der Waals surface area contributed by atoms with E-state index in [-0.39, 0.29) is 11.7 Å². The van der Waals surface area contributed by atoms with Gasteiger partial charge in [0.1, 0.15) is 0 Å². The van der Waals surface area contributed by atoms with Gasteiger partial charge in [0.2, 0.25) is 0 Å². The highest BCUT2D eigenvalue weighted by Gasteiger charge is 2.34. The topological polar surface area (TPSA) is 62.3 Å². The van der Waals surface area contributed by atoms with Gasteiger partial charge in [-0.3, -0.25) is 0 Å². The first-order chi connectivity index (χ1) is 9.45. The van der Waals surface area contributed by atoms with E-state index >= 15 is 0 Å². The van der Waals surface area contributed by atoms with Crippen molar-refractivity contribution in [3.63, 3.8) is 0 Å². The second-order valence-electron chi connectivity index (χ2n) is 4.51. The number of morpholine rings is 1. The molecule has 1 saturated heterocycles. The normalized spacial score (nSPS) is 19.8. The molecule has 0 spiro atoms. The zero-order valence-electron chi connectivity index (χ0n) is 10.7. The van der Waals surface area contributed by atoms with E-state index in [2.05, 4.69) is 0 Å². The number of halogens is 3. The zero-order valence-corrected chi connectivity index (χ0v) is 10.7. The minimum atomic E-state index is -4.54. The van der Waals surface area contributed by atoms with Crippen LogP contribution in [0.1, 0.15) is 11.1 Å². The van der Waals surface area contributed by atoms with E-state index < -0.39 is 11.7 Å². The van der Waals surface area contributed by atoms with Crippen LogP contribution in [0.4, 0.5) is 18.9 Å². The molecule has 0 aromatic heterocycles. The highest BCUT2D eigenvalue weighted by Crippen LogP contribution is 2.34. The molecule has 0 saturated carbocycles. The Balaban J connectivity index is 2.32. The number of benzene rings is 1. The number of rotatable bonds is 2. The van der Waals surface area contributed by atoms with Crippen LogP contribution in [-0.2, 0) is 10.9 Å². The molecule has 1 heterocycles. The van der Waals surface area contributed by atoms with Crippen LogP contribution in [0.3, 0.4) is 0 Å². The van der Waals surface area contributed by atoms with Gasteiger partial charge < -0.3 is 15.4 Å². The largest absolute Gasteiger partial charge is 0.417 e. The summed E-state index contributed by atoms with van der Waals surface area (Å²) >= 11 is 0. The Morgan fingerprint density at radius 2 is 2.20 bits per heavy atom. The van der Waals surface area contributed by atoms with Crippen LogP contribution < -0.4 is 10.6 Å². The summed E-state index contributed by atoms with van der Waals surface area (Å²) in [6.07, 6.45) is -4.73. The van der Waals surface area contributed by atoms with Gasteiger partial charge in [0.05, 0.1) is 29.9 Å². The Bertz CT molecular complexity index is 525.